The maximum atomic E-state index is 11.6. The fourth-order valence-corrected chi connectivity index (χ4v) is 5.22. The summed E-state index contributed by atoms with van der Waals surface area (Å²) in [5.74, 6) is 5.28. The summed E-state index contributed by atoms with van der Waals surface area (Å²) in [7, 11) is 0. The molecule has 3 atom stereocenters. The van der Waals surface area contributed by atoms with Gasteiger partial charge in [-0.05, 0) is 68.1 Å². The second kappa shape index (κ2) is 5.97. The Labute approximate surface area is 118 Å². The summed E-state index contributed by atoms with van der Waals surface area (Å²) in [6.45, 7) is 2.36. The summed E-state index contributed by atoms with van der Waals surface area (Å²) < 4.78 is 0. The van der Waals surface area contributed by atoms with Gasteiger partial charge in [0.15, 0.2) is 0 Å². The summed E-state index contributed by atoms with van der Waals surface area (Å²) in [4.78, 5) is 11.6. The van der Waals surface area contributed by atoms with Crippen molar-refractivity contribution in [2.24, 2.45) is 29.6 Å². The molecular formula is C18H30O. The molecule has 3 aliphatic carbocycles. The van der Waals surface area contributed by atoms with Crippen LogP contribution in [-0.4, -0.2) is 5.78 Å². The van der Waals surface area contributed by atoms with Crippen LogP contribution >= 0.6 is 0 Å². The lowest BCUT2D eigenvalue weighted by atomic mass is 9.62. The number of rotatable bonds is 2. The van der Waals surface area contributed by atoms with Gasteiger partial charge in [-0.2, -0.15) is 0 Å². The Kier molecular flexibility index (Phi) is 4.29. The average Bonchev–Trinajstić information content (AvgIpc) is 2.47. The summed E-state index contributed by atoms with van der Waals surface area (Å²) in [5.41, 5.74) is 0. The Bertz CT molecular complexity index is 314. The molecule has 0 aromatic rings. The number of ketones is 1. The monoisotopic (exact) mass is 262 g/mol. The van der Waals surface area contributed by atoms with Crippen molar-refractivity contribution < 1.29 is 4.79 Å². The molecule has 0 amide bonds. The van der Waals surface area contributed by atoms with E-state index in [0.717, 1.165) is 42.4 Å². The van der Waals surface area contributed by atoms with Crippen LogP contribution in [0.25, 0.3) is 0 Å². The molecule has 108 valence electrons. The molecule has 0 saturated heterocycles. The van der Waals surface area contributed by atoms with Gasteiger partial charge in [-0.25, -0.2) is 0 Å². The number of hydrogen-bond acceptors (Lipinski definition) is 1. The fourth-order valence-electron chi connectivity index (χ4n) is 5.22. The second-order valence-corrected chi connectivity index (χ2v) is 7.56. The van der Waals surface area contributed by atoms with Crippen LogP contribution in [0.15, 0.2) is 0 Å². The minimum Gasteiger partial charge on any atom is -0.300 e. The molecule has 3 saturated carbocycles. The van der Waals surface area contributed by atoms with E-state index in [2.05, 4.69) is 6.92 Å². The molecule has 0 aromatic carbocycles. The van der Waals surface area contributed by atoms with Crippen LogP contribution in [0.1, 0.15) is 77.6 Å². The van der Waals surface area contributed by atoms with Crippen molar-refractivity contribution in [1.29, 1.82) is 0 Å². The molecule has 3 rings (SSSR count). The van der Waals surface area contributed by atoms with Crippen molar-refractivity contribution in [2.45, 2.75) is 77.6 Å². The maximum Gasteiger partial charge on any atom is 0.133 e. The molecule has 0 bridgehead atoms. The lowest BCUT2D eigenvalue weighted by Gasteiger charge is -2.43. The molecule has 0 radical (unpaired) electrons. The van der Waals surface area contributed by atoms with Crippen LogP contribution in [-0.2, 0) is 4.79 Å². The first kappa shape index (κ1) is 13.6. The first-order valence-electron chi connectivity index (χ1n) is 8.78. The number of carbonyl (C=O) groups excluding carboxylic acids is 1. The molecule has 3 unspecified atom stereocenters. The number of Topliss-reactive ketones (excluding diaryl/α,β-unsaturated/α-hetero) is 1. The van der Waals surface area contributed by atoms with Crippen LogP contribution in [0, 0.1) is 29.6 Å². The Morgan fingerprint density at radius 1 is 0.842 bits per heavy atom. The first-order valence-corrected chi connectivity index (χ1v) is 8.78. The van der Waals surface area contributed by atoms with E-state index in [9.17, 15) is 4.79 Å². The van der Waals surface area contributed by atoms with Crippen molar-refractivity contribution >= 4 is 5.78 Å². The minimum absolute atomic E-state index is 0.545. The first-order chi connectivity index (χ1) is 9.26. The molecule has 0 aliphatic heterocycles. The molecular weight excluding hydrogens is 232 g/mol. The van der Waals surface area contributed by atoms with Gasteiger partial charge in [-0.15, -0.1) is 0 Å². The third-order valence-corrected chi connectivity index (χ3v) is 6.60. The fraction of sp³-hybridized carbons (Fsp3) is 0.944. The smallest absolute Gasteiger partial charge is 0.133 e. The third kappa shape index (κ3) is 3.06. The molecule has 0 aromatic heterocycles. The van der Waals surface area contributed by atoms with Gasteiger partial charge in [-0.1, -0.05) is 26.2 Å². The predicted molar refractivity (Wildman–Crippen MR) is 78.9 cm³/mol. The van der Waals surface area contributed by atoms with Gasteiger partial charge in [0.1, 0.15) is 5.78 Å². The van der Waals surface area contributed by atoms with Crippen molar-refractivity contribution in [3.63, 3.8) is 0 Å². The van der Waals surface area contributed by atoms with Gasteiger partial charge in [0.05, 0.1) is 0 Å². The molecule has 19 heavy (non-hydrogen) atoms. The van der Waals surface area contributed by atoms with Crippen LogP contribution < -0.4 is 0 Å². The highest BCUT2D eigenvalue weighted by molar-refractivity contribution is 5.79. The maximum absolute atomic E-state index is 11.6. The van der Waals surface area contributed by atoms with Crippen LogP contribution in [0.2, 0.25) is 0 Å². The highest BCUT2D eigenvalue weighted by Crippen LogP contribution is 2.47. The van der Waals surface area contributed by atoms with Gasteiger partial charge in [0.25, 0.3) is 0 Å². The SMILES string of the molecule is CCC1CCC(C2CCC3CC(=O)CCC3C2)CC1. The minimum atomic E-state index is 0.545. The van der Waals surface area contributed by atoms with E-state index in [0.29, 0.717) is 5.78 Å². The predicted octanol–water partition coefficient (Wildman–Crippen LogP) is 4.99. The summed E-state index contributed by atoms with van der Waals surface area (Å²) in [5, 5.41) is 0. The van der Waals surface area contributed by atoms with E-state index >= 15 is 0 Å². The van der Waals surface area contributed by atoms with E-state index < -0.39 is 0 Å². The van der Waals surface area contributed by atoms with E-state index in [-0.39, 0.29) is 0 Å². The molecule has 0 spiro atoms. The van der Waals surface area contributed by atoms with E-state index in [4.69, 9.17) is 0 Å². The van der Waals surface area contributed by atoms with Crippen LogP contribution in [0.4, 0.5) is 0 Å². The van der Waals surface area contributed by atoms with Crippen molar-refractivity contribution in [2.75, 3.05) is 0 Å². The normalized spacial score (nSPS) is 43.8. The molecule has 1 heteroatoms. The Balaban J connectivity index is 1.52. The van der Waals surface area contributed by atoms with Gasteiger partial charge in [-0.3, -0.25) is 4.79 Å². The van der Waals surface area contributed by atoms with Gasteiger partial charge < -0.3 is 0 Å². The average molecular weight is 262 g/mol. The zero-order chi connectivity index (χ0) is 13.2. The zero-order valence-electron chi connectivity index (χ0n) is 12.6. The van der Waals surface area contributed by atoms with Crippen molar-refractivity contribution in [1.82, 2.24) is 0 Å². The largest absolute Gasteiger partial charge is 0.300 e. The standard InChI is InChI=1S/C18H30O/c1-2-13-3-5-14(6-4-13)15-7-8-17-12-18(19)10-9-16(17)11-15/h13-17H,2-12H2,1H3. The summed E-state index contributed by atoms with van der Waals surface area (Å²) >= 11 is 0. The van der Waals surface area contributed by atoms with Crippen LogP contribution in [0.5, 0.6) is 0 Å². The van der Waals surface area contributed by atoms with Gasteiger partial charge in [0, 0.05) is 12.8 Å². The van der Waals surface area contributed by atoms with Crippen molar-refractivity contribution in [3.8, 4) is 0 Å². The highest BCUT2D eigenvalue weighted by Gasteiger charge is 2.38. The van der Waals surface area contributed by atoms with E-state index in [1.54, 1.807) is 0 Å². The lowest BCUT2D eigenvalue weighted by molar-refractivity contribution is -0.123. The Hall–Kier alpha value is -0.330. The molecule has 0 heterocycles. The molecule has 0 N–H and O–H groups in total. The van der Waals surface area contributed by atoms with Gasteiger partial charge >= 0.3 is 0 Å². The van der Waals surface area contributed by atoms with E-state index in [1.807, 2.05) is 0 Å². The second-order valence-electron chi connectivity index (χ2n) is 7.56. The summed E-state index contributed by atoms with van der Waals surface area (Å²) in [6.07, 6.45) is 14.6. The number of carbonyl (C=O) groups is 1. The van der Waals surface area contributed by atoms with Crippen molar-refractivity contribution in [3.05, 3.63) is 0 Å². The molecule has 1 nitrogen and oxygen atoms in total. The number of hydrogen-bond donors (Lipinski definition) is 0. The Morgan fingerprint density at radius 3 is 2.21 bits per heavy atom. The zero-order valence-corrected chi connectivity index (χ0v) is 12.6. The highest BCUT2D eigenvalue weighted by atomic mass is 16.1. The summed E-state index contributed by atoms with van der Waals surface area (Å²) in [6, 6.07) is 0. The Morgan fingerprint density at radius 2 is 1.47 bits per heavy atom. The number of fused-ring (bicyclic) bond motifs is 1. The quantitative estimate of drug-likeness (QED) is 0.685. The molecule has 3 aliphatic rings. The van der Waals surface area contributed by atoms with Crippen LogP contribution in [0.3, 0.4) is 0 Å². The van der Waals surface area contributed by atoms with Gasteiger partial charge in [0.2, 0.25) is 0 Å². The lowest BCUT2D eigenvalue weighted by Crippen LogP contribution is -2.34. The third-order valence-electron chi connectivity index (χ3n) is 6.60. The topological polar surface area (TPSA) is 17.1 Å². The molecule has 3 fully saturated rings. The van der Waals surface area contributed by atoms with E-state index in [1.165, 1.54) is 57.8 Å².